The number of carbonyl (C=O) groups is 1. The van der Waals surface area contributed by atoms with Crippen LogP contribution in [-0.2, 0) is 9.53 Å². The van der Waals surface area contributed by atoms with Gasteiger partial charge >= 0.3 is 11.7 Å². The van der Waals surface area contributed by atoms with Gasteiger partial charge in [0.05, 0.1) is 24.2 Å². The highest BCUT2D eigenvalue weighted by atomic mass is 16.6. The maximum atomic E-state index is 12.4. The van der Waals surface area contributed by atoms with Crippen LogP contribution in [0.15, 0.2) is 63.2 Å². The van der Waals surface area contributed by atoms with Crippen molar-refractivity contribution in [2.75, 3.05) is 13.7 Å². The molecular weight excluding hydrogens is 338 g/mol. The van der Waals surface area contributed by atoms with Crippen LogP contribution in [0.5, 0.6) is 5.75 Å². The number of para-hydroxylation sites is 2. The van der Waals surface area contributed by atoms with E-state index in [9.17, 15) is 14.4 Å². The Hall–Kier alpha value is -3.68. The molecule has 0 aliphatic rings. The minimum atomic E-state index is -0.655. The lowest BCUT2D eigenvalue weighted by Gasteiger charge is -2.07. The topological polar surface area (TPSA) is 103 Å². The summed E-state index contributed by atoms with van der Waals surface area (Å²) in [5.41, 5.74) is -0.252. The molecule has 1 heterocycles. The Balaban J connectivity index is 1.96. The molecule has 1 N–H and O–H groups in total. The first-order valence-electron chi connectivity index (χ1n) is 7.67. The molecule has 3 aromatic rings. The summed E-state index contributed by atoms with van der Waals surface area (Å²) in [6.07, 6.45) is 1.32. The van der Waals surface area contributed by atoms with Crippen LogP contribution in [0.25, 0.3) is 10.9 Å². The Morgan fingerprint density at radius 1 is 1.15 bits per heavy atom. The molecule has 0 saturated carbocycles. The molecule has 0 fully saturated rings. The molecule has 1 aromatic heterocycles. The fraction of sp³-hybridized carbons (Fsp3) is 0.111. The van der Waals surface area contributed by atoms with Crippen molar-refractivity contribution < 1.29 is 14.3 Å². The van der Waals surface area contributed by atoms with Crippen LogP contribution < -0.4 is 16.0 Å². The third-order valence-electron chi connectivity index (χ3n) is 3.59. The monoisotopic (exact) mass is 353 g/mol. The maximum Gasteiger partial charge on any atom is 0.349 e. The molecule has 0 spiro atoms. The fourth-order valence-electron chi connectivity index (χ4n) is 2.29. The van der Waals surface area contributed by atoms with E-state index in [0.717, 1.165) is 4.68 Å². The summed E-state index contributed by atoms with van der Waals surface area (Å²) in [7, 11) is 1.26. The quantitative estimate of drug-likeness (QED) is 0.547. The Labute approximate surface area is 147 Å². The lowest BCUT2D eigenvalue weighted by Crippen LogP contribution is -2.32. The summed E-state index contributed by atoms with van der Waals surface area (Å²) in [5.74, 6) is -0.161. The lowest BCUT2D eigenvalue weighted by molar-refractivity contribution is -0.142. The number of esters is 1. The fourth-order valence-corrected chi connectivity index (χ4v) is 2.29. The van der Waals surface area contributed by atoms with Gasteiger partial charge in [-0.1, -0.05) is 24.3 Å². The van der Waals surface area contributed by atoms with E-state index in [0.29, 0.717) is 22.2 Å². The minimum Gasteiger partial charge on any atom is -0.481 e. The van der Waals surface area contributed by atoms with Crippen molar-refractivity contribution in [1.29, 1.82) is 0 Å². The van der Waals surface area contributed by atoms with Crippen molar-refractivity contribution in [3.8, 4) is 5.75 Å². The van der Waals surface area contributed by atoms with E-state index in [1.807, 2.05) is 0 Å². The number of hydrogen-bond donors (Lipinski definition) is 1. The van der Waals surface area contributed by atoms with Crippen molar-refractivity contribution in [2.45, 2.75) is 0 Å². The first-order chi connectivity index (χ1) is 12.6. The summed E-state index contributed by atoms with van der Waals surface area (Å²) in [6, 6.07) is 13.4. The SMILES string of the molecule is COC(=O)COc1ccccc1C=Nn1c(=O)[nH]c2ccccc2c1=O. The number of hydrogen-bond acceptors (Lipinski definition) is 6. The highest BCUT2D eigenvalue weighted by molar-refractivity contribution is 5.84. The molecule has 8 nitrogen and oxygen atoms in total. The molecule has 3 rings (SSSR count). The molecule has 0 radical (unpaired) electrons. The molecule has 0 amide bonds. The van der Waals surface area contributed by atoms with Gasteiger partial charge < -0.3 is 14.5 Å². The molecule has 0 saturated heterocycles. The van der Waals surface area contributed by atoms with Gasteiger partial charge in [0.1, 0.15) is 5.75 Å². The zero-order valence-electron chi connectivity index (χ0n) is 13.8. The number of benzene rings is 2. The van der Waals surface area contributed by atoms with Crippen molar-refractivity contribution in [3.05, 3.63) is 74.9 Å². The lowest BCUT2D eigenvalue weighted by atomic mass is 10.2. The van der Waals surface area contributed by atoms with E-state index < -0.39 is 17.2 Å². The van der Waals surface area contributed by atoms with E-state index in [1.54, 1.807) is 48.5 Å². The third kappa shape index (κ3) is 3.54. The zero-order chi connectivity index (χ0) is 18.5. The van der Waals surface area contributed by atoms with E-state index in [4.69, 9.17) is 4.74 Å². The van der Waals surface area contributed by atoms with Gasteiger partial charge in [0.15, 0.2) is 6.61 Å². The molecule has 0 unspecified atom stereocenters. The molecule has 0 aliphatic heterocycles. The normalized spacial score (nSPS) is 11.0. The number of nitrogens with zero attached hydrogens (tertiary/aromatic N) is 2. The van der Waals surface area contributed by atoms with Crippen molar-refractivity contribution in [3.63, 3.8) is 0 Å². The van der Waals surface area contributed by atoms with E-state index >= 15 is 0 Å². The molecular formula is C18H15N3O5. The number of aromatic nitrogens is 2. The molecule has 8 heteroatoms. The Morgan fingerprint density at radius 3 is 2.69 bits per heavy atom. The summed E-state index contributed by atoms with van der Waals surface area (Å²) in [6.45, 7) is -0.266. The van der Waals surface area contributed by atoms with Crippen LogP contribution in [0.4, 0.5) is 0 Å². The molecule has 26 heavy (non-hydrogen) atoms. The van der Waals surface area contributed by atoms with Crippen molar-refractivity contribution in [1.82, 2.24) is 9.66 Å². The second kappa shape index (κ2) is 7.47. The van der Waals surface area contributed by atoms with Gasteiger partial charge in [-0.25, -0.2) is 9.59 Å². The van der Waals surface area contributed by atoms with Crippen molar-refractivity contribution in [2.24, 2.45) is 5.10 Å². The van der Waals surface area contributed by atoms with Crippen LogP contribution in [0, 0.1) is 0 Å². The van der Waals surface area contributed by atoms with Crippen LogP contribution >= 0.6 is 0 Å². The Bertz CT molecular complexity index is 1100. The molecule has 0 atom stereocenters. The number of carbonyl (C=O) groups excluding carboxylic acids is 1. The Morgan fingerprint density at radius 2 is 1.88 bits per heavy atom. The van der Waals surface area contributed by atoms with Crippen LogP contribution in [0.2, 0.25) is 0 Å². The maximum absolute atomic E-state index is 12.4. The first kappa shape index (κ1) is 17.2. The highest BCUT2D eigenvalue weighted by Gasteiger charge is 2.07. The molecule has 132 valence electrons. The second-order valence-electron chi connectivity index (χ2n) is 5.24. The second-order valence-corrected chi connectivity index (χ2v) is 5.24. The number of H-pyrrole nitrogens is 1. The predicted molar refractivity (Wildman–Crippen MR) is 95.8 cm³/mol. The summed E-state index contributed by atoms with van der Waals surface area (Å²) >= 11 is 0. The minimum absolute atomic E-state index is 0.266. The van der Waals surface area contributed by atoms with Gasteiger partial charge in [-0.15, -0.1) is 4.68 Å². The zero-order valence-corrected chi connectivity index (χ0v) is 13.8. The van der Waals surface area contributed by atoms with E-state index in [-0.39, 0.29) is 6.61 Å². The first-order valence-corrected chi connectivity index (χ1v) is 7.67. The predicted octanol–water partition coefficient (Wildman–Crippen LogP) is 1.12. The van der Waals surface area contributed by atoms with Gasteiger partial charge in [-0.05, 0) is 24.3 Å². The average Bonchev–Trinajstić information content (AvgIpc) is 2.66. The number of fused-ring (bicyclic) bond motifs is 1. The summed E-state index contributed by atoms with van der Waals surface area (Å²) in [4.78, 5) is 38.4. The number of methoxy groups -OCH3 is 1. The number of aromatic amines is 1. The largest absolute Gasteiger partial charge is 0.481 e. The molecule has 0 bridgehead atoms. The van der Waals surface area contributed by atoms with Gasteiger partial charge in [0.25, 0.3) is 5.56 Å². The van der Waals surface area contributed by atoms with Crippen LogP contribution in [-0.4, -0.2) is 35.6 Å². The number of nitrogens with one attached hydrogen (secondary N) is 1. The molecule has 2 aromatic carbocycles. The highest BCUT2D eigenvalue weighted by Crippen LogP contribution is 2.15. The number of rotatable bonds is 5. The standard InChI is InChI=1S/C18H15N3O5/c1-25-16(22)11-26-15-9-5-2-6-12(15)10-19-21-17(23)13-7-3-4-8-14(13)20-18(21)24/h2-10H,11H2,1H3,(H,20,24). The summed E-state index contributed by atoms with van der Waals surface area (Å²) in [5, 5.41) is 4.32. The van der Waals surface area contributed by atoms with Crippen LogP contribution in [0.1, 0.15) is 5.56 Å². The summed E-state index contributed by atoms with van der Waals surface area (Å²) < 4.78 is 10.6. The van der Waals surface area contributed by atoms with Gasteiger partial charge in [-0.2, -0.15) is 5.10 Å². The van der Waals surface area contributed by atoms with Gasteiger partial charge in [-0.3, -0.25) is 4.79 Å². The molecule has 0 aliphatic carbocycles. The average molecular weight is 353 g/mol. The van der Waals surface area contributed by atoms with E-state index in [1.165, 1.54) is 13.3 Å². The van der Waals surface area contributed by atoms with Gasteiger partial charge in [0.2, 0.25) is 0 Å². The Kier molecular flexibility index (Phi) is 4.93. The smallest absolute Gasteiger partial charge is 0.349 e. The van der Waals surface area contributed by atoms with E-state index in [2.05, 4.69) is 14.8 Å². The third-order valence-corrected chi connectivity index (χ3v) is 3.59. The van der Waals surface area contributed by atoms with Crippen molar-refractivity contribution >= 4 is 23.1 Å². The number of ether oxygens (including phenoxy) is 2. The van der Waals surface area contributed by atoms with Crippen LogP contribution in [0.3, 0.4) is 0 Å². The van der Waals surface area contributed by atoms with Gasteiger partial charge in [0, 0.05) is 5.56 Å².